The van der Waals surface area contributed by atoms with Gasteiger partial charge in [0.25, 0.3) is 0 Å². The molecule has 2 aliphatic rings. The van der Waals surface area contributed by atoms with Gasteiger partial charge in [-0.1, -0.05) is 11.6 Å². The highest BCUT2D eigenvalue weighted by atomic mass is 35.5. The van der Waals surface area contributed by atoms with E-state index in [4.69, 9.17) is 21.1 Å². The van der Waals surface area contributed by atoms with Crippen LogP contribution in [-0.2, 0) is 6.54 Å². The van der Waals surface area contributed by atoms with Crippen molar-refractivity contribution >= 4 is 17.6 Å². The zero-order valence-electron chi connectivity index (χ0n) is 12.8. The molecular formula is C16H22ClN3O2. The van der Waals surface area contributed by atoms with Crippen LogP contribution in [0, 0.1) is 5.92 Å². The summed E-state index contributed by atoms with van der Waals surface area (Å²) in [5.74, 6) is 3.00. The van der Waals surface area contributed by atoms with Gasteiger partial charge in [-0.25, -0.2) is 0 Å². The molecule has 5 nitrogen and oxygen atoms in total. The van der Waals surface area contributed by atoms with E-state index in [2.05, 4.69) is 15.6 Å². The predicted molar refractivity (Wildman–Crippen MR) is 88.0 cm³/mol. The number of ether oxygens (including phenoxy) is 2. The molecule has 0 bridgehead atoms. The van der Waals surface area contributed by atoms with E-state index in [-0.39, 0.29) is 0 Å². The van der Waals surface area contributed by atoms with Gasteiger partial charge in [0.05, 0.1) is 18.2 Å². The van der Waals surface area contributed by atoms with Crippen molar-refractivity contribution < 1.29 is 9.47 Å². The van der Waals surface area contributed by atoms with E-state index in [1.54, 1.807) is 7.05 Å². The average molecular weight is 324 g/mol. The van der Waals surface area contributed by atoms with Crippen LogP contribution in [0.1, 0.15) is 24.8 Å². The molecule has 0 spiro atoms. The zero-order chi connectivity index (χ0) is 15.4. The van der Waals surface area contributed by atoms with Crippen LogP contribution in [0.4, 0.5) is 0 Å². The van der Waals surface area contributed by atoms with E-state index in [9.17, 15) is 0 Å². The average Bonchev–Trinajstić information content (AvgIpc) is 3.33. The summed E-state index contributed by atoms with van der Waals surface area (Å²) in [4.78, 5) is 4.23. The molecule has 0 atom stereocenters. The lowest BCUT2D eigenvalue weighted by Crippen LogP contribution is -2.37. The third-order valence-corrected chi connectivity index (χ3v) is 4.08. The molecule has 6 heteroatoms. The summed E-state index contributed by atoms with van der Waals surface area (Å²) in [6, 6.07) is 3.89. The third-order valence-electron chi connectivity index (χ3n) is 3.80. The van der Waals surface area contributed by atoms with Crippen molar-refractivity contribution in [2.24, 2.45) is 10.9 Å². The summed E-state index contributed by atoms with van der Waals surface area (Å²) in [6.45, 7) is 2.93. The van der Waals surface area contributed by atoms with Crippen molar-refractivity contribution in [3.63, 3.8) is 0 Å². The molecule has 0 saturated heterocycles. The molecule has 3 rings (SSSR count). The smallest absolute Gasteiger partial charge is 0.191 e. The number of nitrogens with zero attached hydrogens (tertiary/aromatic N) is 1. The van der Waals surface area contributed by atoms with Crippen LogP contribution < -0.4 is 20.1 Å². The molecule has 22 heavy (non-hydrogen) atoms. The molecule has 0 amide bonds. The minimum Gasteiger partial charge on any atom is -0.489 e. The van der Waals surface area contributed by atoms with Gasteiger partial charge >= 0.3 is 0 Å². The Kier molecular flexibility index (Phi) is 4.93. The molecule has 1 heterocycles. The minimum absolute atomic E-state index is 0.595. The second-order valence-electron chi connectivity index (χ2n) is 5.71. The Morgan fingerprint density at radius 1 is 1.27 bits per heavy atom. The molecule has 1 aliphatic carbocycles. The van der Waals surface area contributed by atoms with Crippen LogP contribution in [0.15, 0.2) is 17.1 Å². The van der Waals surface area contributed by atoms with Crippen LogP contribution in [0.2, 0.25) is 5.02 Å². The van der Waals surface area contributed by atoms with Crippen molar-refractivity contribution in [2.75, 3.05) is 26.8 Å². The van der Waals surface area contributed by atoms with Crippen LogP contribution in [0.5, 0.6) is 11.5 Å². The highest BCUT2D eigenvalue weighted by molar-refractivity contribution is 6.32. The van der Waals surface area contributed by atoms with Crippen LogP contribution >= 0.6 is 11.6 Å². The van der Waals surface area contributed by atoms with Crippen molar-refractivity contribution in [2.45, 2.75) is 25.8 Å². The first-order chi connectivity index (χ1) is 10.8. The largest absolute Gasteiger partial charge is 0.489 e. The second kappa shape index (κ2) is 7.09. The molecular weight excluding hydrogens is 302 g/mol. The van der Waals surface area contributed by atoms with Gasteiger partial charge in [-0.15, -0.1) is 0 Å². The van der Waals surface area contributed by atoms with Crippen molar-refractivity contribution in [3.05, 3.63) is 22.7 Å². The fraction of sp³-hybridized carbons (Fsp3) is 0.562. The number of benzene rings is 1. The number of rotatable bonds is 4. The van der Waals surface area contributed by atoms with Gasteiger partial charge in [0.2, 0.25) is 0 Å². The molecule has 0 radical (unpaired) electrons. The summed E-state index contributed by atoms with van der Waals surface area (Å²) in [6.07, 6.45) is 3.51. The van der Waals surface area contributed by atoms with E-state index in [0.717, 1.165) is 36.2 Å². The molecule has 1 aromatic carbocycles. The van der Waals surface area contributed by atoms with E-state index < -0.39 is 0 Å². The van der Waals surface area contributed by atoms with Gasteiger partial charge in [0.15, 0.2) is 17.5 Å². The van der Waals surface area contributed by atoms with Gasteiger partial charge in [0.1, 0.15) is 0 Å². The lowest BCUT2D eigenvalue weighted by Gasteiger charge is -2.14. The number of hydrogen-bond acceptors (Lipinski definition) is 3. The first kappa shape index (κ1) is 15.3. The summed E-state index contributed by atoms with van der Waals surface area (Å²) < 4.78 is 11.3. The number of halogens is 1. The summed E-state index contributed by atoms with van der Waals surface area (Å²) in [5.41, 5.74) is 1.05. The van der Waals surface area contributed by atoms with Gasteiger partial charge in [-0.05, 0) is 36.5 Å². The molecule has 2 N–H and O–H groups in total. The standard InChI is InChI=1S/C16H22ClN3O2/c1-18-16(19-9-11-3-4-11)20-10-12-7-13(17)15-14(8-12)21-5-2-6-22-15/h7-8,11H,2-6,9-10H2,1H3,(H2,18,19,20). The molecule has 0 aromatic heterocycles. The molecule has 1 fully saturated rings. The van der Waals surface area contributed by atoms with Crippen LogP contribution in [0.3, 0.4) is 0 Å². The fourth-order valence-corrected chi connectivity index (χ4v) is 2.64. The maximum Gasteiger partial charge on any atom is 0.191 e. The third kappa shape index (κ3) is 3.97. The lowest BCUT2D eigenvalue weighted by molar-refractivity contribution is 0.297. The monoisotopic (exact) mass is 323 g/mol. The van der Waals surface area contributed by atoms with E-state index in [0.29, 0.717) is 30.5 Å². The molecule has 1 saturated carbocycles. The first-order valence-corrected chi connectivity index (χ1v) is 8.16. The maximum absolute atomic E-state index is 6.30. The summed E-state index contributed by atoms with van der Waals surface area (Å²) >= 11 is 6.30. The van der Waals surface area contributed by atoms with Crippen LogP contribution in [0.25, 0.3) is 0 Å². The Balaban J connectivity index is 1.61. The second-order valence-corrected chi connectivity index (χ2v) is 6.11. The number of hydrogen-bond donors (Lipinski definition) is 2. The van der Waals surface area contributed by atoms with Gasteiger partial charge < -0.3 is 20.1 Å². The fourth-order valence-electron chi connectivity index (χ4n) is 2.36. The Morgan fingerprint density at radius 3 is 2.86 bits per heavy atom. The van der Waals surface area contributed by atoms with E-state index >= 15 is 0 Å². The van der Waals surface area contributed by atoms with Crippen LogP contribution in [-0.4, -0.2) is 32.8 Å². The van der Waals surface area contributed by atoms with Gasteiger partial charge in [-0.3, -0.25) is 4.99 Å². The van der Waals surface area contributed by atoms with E-state index in [1.165, 1.54) is 12.8 Å². The summed E-state index contributed by atoms with van der Waals surface area (Å²) in [7, 11) is 1.78. The quantitative estimate of drug-likeness (QED) is 0.660. The number of fused-ring (bicyclic) bond motifs is 1. The van der Waals surface area contributed by atoms with Gasteiger partial charge in [0, 0.05) is 26.6 Å². The molecule has 120 valence electrons. The highest BCUT2D eigenvalue weighted by Gasteiger charge is 2.21. The predicted octanol–water partition coefficient (Wildman–Crippen LogP) is 2.58. The topological polar surface area (TPSA) is 54.9 Å². The van der Waals surface area contributed by atoms with Crippen molar-refractivity contribution in [3.8, 4) is 11.5 Å². The van der Waals surface area contributed by atoms with E-state index in [1.807, 2.05) is 12.1 Å². The molecule has 0 unspecified atom stereocenters. The Labute approximate surface area is 136 Å². The lowest BCUT2D eigenvalue weighted by atomic mass is 10.2. The van der Waals surface area contributed by atoms with Gasteiger partial charge in [-0.2, -0.15) is 0 Å². The normalized spacial score (nSPS) is 17.8. The Hall–Kier alpha value is -1.62. The SMILES string of the molecule is CN=C(NCc1cc(Cl)c2c(c1)OCCCO2)NCC1CC1. The zero-order valence-corrected chi connectivity index (χ0v) is 13.6. The highest BCUT2D eigenvalue weighted by Crippen LogP contribution is 2.37. The number of guanidine groups is 1. The Morgan fingerprint density at radius 2 is 2.09 bits per heavy atom. The van der Waals surface area contributed by atoms with Crippen molar-refractivity contribution in [1.82, 2.24) is 10.6 Å². The minimum atomic E-state index is 0.595. The number of aliphatic imine (C=N–C) groups is 1. The van der Waals surface area contributed by atoms with Crippen molar-refractivity contribution in [1.29, 1.82) is 0 Å². The number of nitrogens with one attached hydrogen (secondary N) is 2. The Bertz CT molecular complexity index is 559. The summed E-state index contributed by atoms with van der Waals surface area (Å²) in [5, 5.41) is 7.24. The molecule has 1 aliphatic heterocycles. The first-order valence-electron chi connectivity index (χ1n) is 7.79. The maximum atomic E-state index is 6.30. The molecule has 1 aromatic rings.